The first-order valence-electron chi connectivity index (χ1n) is 9.81. The average Bonchev–Trinajstić information content (AvgIpc) is 3.24. The van der Waals surface area contributed by atoms with Gasteiger partial charge in [0, 0.05) is 11.8 Å². The number of esters is 3. The molecule has 6 unspecified atom stereocenters. The molecule has 156 valence electrons. The van der Waals surface area contributed by atoms with Crippen molar-refractivity contribution in [2.75, 3.05) is 0 Å². The van der Waals surface area contributed by atoms with Crippen LogP contribution >= 0.6 is 0 Å². The summed E-state index contributed by atoms with van der Waals surface area (Å²) in [5.41, 5.74) is 0. The van der Waals surface area contributed by atoms with Gasteiger partial charge in [0.25, 0.3) is 10.1 Å². The lowest BCUT2D eigenvalue weighted by Crippen LogP contribution is -2.40. The molecule has 4 fully saturated rings. The molecular weight excluding hydrogens is 392 g/mol. The van der Waals surface area contributed by atoms with Gasteiger partial charge in [-0.3, -0.25) is 18.9 Å². The quantitative estimate of drug-likeness (QED) is 0.382. The number of fused-ring (bicyclic) bond motifs is 1. The molecule has 0 aromatic rings. The monoisotopic (exact) mass is 416 g/mol. The van der Waals surface area contributed by atoms with Gasteiger partial charge in [0.2, 0.25) is 0 Å². The molecule has 9 nitrogen and oxygen atoms in total. The van der Waals surface area contributed by atoms with E-state index in [-0.39, 0.29) is 23.7 Å². The van der Waals surface area contributed by atoms with Crippen LogP contribution in [0.4, 0.5) is 0 Å². The summed E-state index contributed by atoms with van der Waals surface area (Å²) in [4.78, 5) is 36.4. The van der Waals surface area contributed by atoms with Gasteiger partial charge in [-0.2, -0.15) is 8.42 Å². The molecule has 4 rings (SSSR count). The standard InChI is InChI=1S/C18H24O9S/c19-14(26-15-9-6-11-12(7-9)17(20)27-16(11)15)8-13(28(22,23)24)18(21)25-10-4-2-1-3-5-10/h9-13,15-16H,1-8H2,(H,22,23,24). The predicted octanol–water partition coefficient (Wildman–Crippen LogP) is 1.00. The maximum absolute atomic E-state index is 12.3. The van der Waals surface area contributed by atoms with Gasteiger partial charge < -0.3 is 14.2 Å². The van der Waals surface area contributed by atoms with Gasteiger partial charge in [-0.05, 0) is 38.5 Å². The second kappa shape index (κ2) is 7.29. The van der Waals surface area contributed by atoms with Crippen molar-refractivity contribution >= 4 is 28.0 Å². The zero-order valence-electron chi connectivity index (χ0n) is 15.3. The van der Waals surface area contributed by atoms with Crippen LogP contribution in [0, 0.1) is 17.8 Å². The van der Waals surface area contributed by atoms with Crippen molar-refractivity contribution in [3.05, 3.63) is 0 Å². The van der Waals surface area contributed by atoms with E-state index in [4.69, 9.17) is 14.2 Å². The molecule has 6 atom stereocenters. The topological polar surface area (TPSA) is 133 Å². The zero-order valence-corrected chi connectivity index (χ0v) is 16.1. The van der Waals surface area contributed by atoms with Crippen molar-refractivity contribution in [3.8, 4) is 0 Å². The maximum atomic E-state index is 12.3. The summed E-state index contributed by atoms with van der Waals surface area (Å²) in [7, 11) is -4.83. The van der Waals surface area contributed by atoms with Crippen molar-refractivity contribution in [2.24, 2.45) is 17.8 Å². The van der Waals surface area contributed by atoms with Gasteiger partial charge in [-0.15, -0.1) is 0 Å². The largest absolute Gasteiger partial charge is 0.461 e. The second-order valence-electron chi connectivity index (χ2n) is 8.26. The fraction of sp³-hybridized carbons (Fsp3) is 0.833. The summed E-state index contributed by atoms with van der Waals surface area (Å²) in [6.07, 6.45) is 3.00. The van der Waals surface area contributed by atoms with E-state index in [9.17, 15) is 27.4 Å². The average molecular weight is 416 g/mol. The first-order chi connectivity index (χ1) is 13.2. The first-order valence-corrected chi connectivity index (χ1v) is 11.3. The Morgan fingerprint density at radius 1 is 1.14 bits per heavy atom. The van der Waals surface area contributed by atoms with Crippen molar-refractivity contribution in [1.29, 1.82) is 0 Å². The number of rotatable bonds is 6. The zero-order chi connectivity index (χ0) is 20.1. The van der Waals surface area contributed by atoms with Crippen molar-refractivity contribution in [3.63, 3.8) is 0 Å². The third kappa shape index (κ3) is 3.63. The summed E-state index contributed by atoms with van der Waals surface area (Å²) >= 11 is 0. The number of ether oxygens (including phenoxy) is 3. The molecule has 28 heavy (non-hydrogen) atoms. The molecule has 10 heteroatoms. The minimum atomic E-state index is -4.83. The Kier molecular flexibility index (Phi) is 5.11. The highest BCUT2D eigenvalue weighted by Crippen LogP contribution is 2.55. The normalized spacial score (nSPS) is 35.5. The molecule has 1 saturated heterocycles. The molecule has 0 amide bonds. The van der Waals surface area contributed by atoms with Gasteiger partial charge >= 0.3 is 17.9 Å². The first kappa shape index (κ1) is 19.6. The third-order valence-electron chi connectivity index (χ3n) is 6.49. The molecule has 0 aromatic carbocycles. The number of carbonyl (C=O) groups excluding carboxylic acids is 3. The fourth-order valence-corrected chi connectivity index (χ4v) is 5.79. The molecule has 3 saturated carbocycles. The van der Waals surface area contributed by atoms with Crippen molar-refractivity contribution < 1.29 is 41.6 Å². The van der Waals surface area contributed by atoms with Gasteiger partial charge in [0.1, 0.15) is 18.3 Å². The van der Waals surface area contributed by atoms with E-state index in [1.165, 1.54) is 0 Å². The van der Waals surface area contributed by atoms with Gasteiger partial charge in [-0.25, -0.2) is 0 Å². The number of hydrogen-bond donors (Lipinski definition) is 1. The van der Waals surface area contributed by atoms with Crippen LogP contribution in [0.5, 0.6) is 0 Å². The Labute approximate surface area is 162 Å². The molecule has 1 heterocycles. The van der Waals surface area contributed by atoms with E-state index >= 15 is 0 Å². The molecule has 3 aliphatic carbocycles. The summed E-state index contributed by atoms with van der Waals surface area (Å²) in [6.45, 7) is 0. The smallest absolute Gasteiger partial charge is 0.327 e. The number of carbonyl (C=O) groups is 3. The van der Waals surface area contributed by atoms with Crippen LogP contribution < -0.4 is 0 Å². The van der Waals surface area contributed by atoms with Gasteiger partial charge in [0.05, 0.1) is 12.3 Å². The Morgan fingerprint density at radius 2 is 1.86 bits per heavy atom. The highest BCUT2D eigenvalue weighted by molar-refractivity contribution is 7.87. The maximum Gasteiger partial charge on any atom is 0.327 e. The molecule has 0 radical (unpaired) electrons. The fourth-order valence-electron chi connectivity index (χ4n) is 5.15. The highest BCUT2D eigenvalue weighted by Gasteiger charge is 2.63. The number of hydrogen-bond acceptors (Lipinski definition) is 8. The summed E-state index contributed by atoms with van der Waals surface area (Å²) in [5.74, 6) is -2.45. The minimum Gasteiger partial charge on any atom is -0.461 e. The van der Waals surface area contributed by atoms with Gasteiger partial charge in [-0.1, -0.05) is 6.42 Å². The molecule has 1 N–H and O–H groups in total. The van der Waals surface area contributed by atoms with Crippen LogP contribution in [0.1, 0.15) is 51.4 Å². The van der Waals surface area contributed by atoms with Crippen LogP contribution in [-0.2, 0) is 38.7 Å². The van der Waals surface area contributed by atoms with E-state index in [1.54, 1.807) is 0 Å². The lowest BCUT2D eigenvalue weighted by Gasteiger charge is -2.26. The molecule has 0 spiro atoms. The molecule has 1 aliphatic heterocycles. The van der Waals surface area contributed by atoms with Crippen LogP contribution in [0.2, 0.25) is 0 Å². The van der Waals surface area contributed by atoms with E-state index in [0.717, 1.165) is 25.7 Å². The third-order valence-corrected chi connectivity index (χ3v) is 7.57. The summed E-state index contributed by atoms with van der Waals surface area (Å²) < 4.78 is 48.6. The van der Waals surface area contributed by atoms with Gasteiger partial charge in [0.15, 0.2) is 5.25 Å². The Balaban J connectivity index is 1.38. The van der Waals surface area contributed by atoms with E-state index in [2.05, 4.69) is 0 Å². The minimum absolute atomic E-state index is 0.00576. The highest BCUT2D eigenvalue weighted by atomic mass is 32.2. The molecule has 0 aromatic heterocycles. The lowest BCUT2D eigenvalue weighted by molar-refractivity contribution is -0.163. The van der Waals surface area contributed by atoms with Crippen LogP contribution in [0.25, 0.3) is 0 Å². The van der Waals surface area contributed by atoms with E-state index < -0.39 is 52.0 Å². The van der Waals surface area contributed by atoms with Crippen LogP contribution in [0.3, 0.4) is 0 Å². The van der Waals surface area contributed by atoms with E-state index in [0.29, 0.717) is 19.3 Å². The molecular formula is C18H24O9S. The van der Waals surface area contributed by atoms with Crippen molar-refractivity contribution in [2.45, 2.75) is 74.9 Å². The van der Waals surface area contributed by atoms with Crippen LogP contribution in [-0.4, -0.2) is 54.4 Å². The van der Waals surface area contributed by atoms with Crippen LogP contribution in [0.15, 0.2) is 0 Å². The molecule has 2 bridgehead atoms. The Morgan fingerprint density at radius 3 is 2.54 bits per heavy atom. The SMILES string of the molecule is O=C(CC(C(=O)OC1CCCCC1)S(=O)(=O)O)OC1C2CC3C(=O)OC1C3C2. The summed E-state index contributed by atoms with van der Waals surface area (Å²) in [6, 6.07) is 0. The Bertz CT molecular complexity index is 770. The summed E-state index contributed by atoms with van der Waals surface area (Å²) in [5, 5.41) is -2.01. The Hall–Kier alpha value is -1.68. The van der Waals surface area contributed by atoms with Crippen molar-refractivity contribution in [1.82, 2.24) is 0 Å². The lowest BCUT2D eigenvalue weighted by atomic mass is 9.88. The predicted molar refractivity (Wildman–Crippen MR) is 92.4 cm³/mol. The second-order valence-corrected chi connectivity index (χ2v) is 9.86. The molecule has 4 aliphatic rings. The van der Waals surface area contributed by atoms with E-state index in [1.807, 2.05) is 0 Å².